The molecule has 0 aliphatic carbocycles. The SMILES string of the molecule is Cc1c(NN=C(C#N)C#N)cccc1-c1nncn1C. The van der Waals surface area contributed by atoms with Crippen molar-refractivity contribution < 1.29 is 0 Å². The van der Waals surface area contributed by atoms with E-state index in [1.807, 2.05) is 36.7 Å². The molecule has 1 aromatic carbocycles. The number of aryl methyl sites for hydroxylation is 1. The van der Waals surface area contributed by atoms with Crippen molar-refractivity contribution in [2.75, 3.05) is 5.43 Å². The number of nitrogens with zero attached hydrogens (tertiary/aromatic N) is 6. The van der Waals surface area contributed by atoms with Crippen molar-refractivity contribution in [2.45, 2.75) is 6.92 Å². The van der Waals surface area contributed by atoms with Gasteiger partial charge in [0, 0.05) is 12.6 Å². The summed E-state index contributed by atoms with van der Waals surface area (Å²) in [5.74, 6) is 0.732. The molecule has 0 bridgehead atoms. The summed E-state index contributed by atoms with van der Waals surface area (Å²) in [5.41, 5.74) is 5.00. The van der Waals surface area contributed by atoms with Crippen LogP contribution in [0.2, 0.25) is 0 Å². The highest BCUT2D eigenvalue weighted by molar-refractivity contribution is 6.10. The highest BCUT2D eigenvalue weighted by atomic mass is 15.3. The summed E-state index contributed by atoms with van der Waals surface area (Å²) in [6, 6.07) is 8.96. The van der Waals surface area contributed by atoms with Gasteiger partial charge in [0.05, 0.1) is 5.69 Å². The van der Waals surface area contributed by atoms with Gasteiger partial charge < -0.3 is 4.57 Å². The van der Waals surface area contributed by atoms with Gasteiger partial charge in [-0.1, -0.05) is 12.1 Å². The van der Waals surface area contributed by atoms with Crippen LogP contribution in [-0.2, 0) is 7.05 Å². The number of benzene rings is 1. The molecule has 20 heavy (non-hydrogen) atoms. The largest absolute Gasteiger partial charge is 0.317 e. The van der Waals surface area contributed by atoms with Gasteiger partial charge in [0.15, 0.2) is 5.82 Å². The third-order valence-corrected chi connectivity index (χ3v) is 2.79. The van der Waals surface area contributed by atoms with Crippen LogP contribution < -0.4 is 5.43 Å². The molecule has 1 aromatic heterocycles. The van der Waals surface area contributed by atoms with Gasteiger partial charge >= 0.3 is 0 Å². The molecule has 2 rings (SSSR count). The van der Waals surface area contributed by atoms with Crippen molar-refractivity contribution in [2.24, 2.45) is 12.1 Å². The summed E-state index contributed by atoms with van der Waals surface area (Å²) < 4.78 is 1.81. The van der Waals surface area contributed by atoms with Crippen molar-refractivity contribution in [3.8, 4) is 23.5 Å². The number of hydrogen-bond acceptors (Lipinski definition) is 6. The molecule has 0 fully saturated rings. The second-order valence-corrected chi connectivity index (χ2v) is 4.04. The Balaban J connectivity index is 2.40. The van der Waals surface area contributed by atoms with E-state index in [2.05, 4.69) is 20.7 Å². The Kier molecular flexibility index (Phi) is 3.73. The van der Waals surface area contributed by atoms with Gasteiger partial charge in [-0.15, -0.1) is 10.2 Å². The van der Waals surface area contributed by atoms with Gasteiger partial charge in [-0.05, 0) is 18.6 Å². The van der Waals surface area contributed by atoms with Crippen molar-refractivity contribution in [1.29, 1.82) is 10.5 Å². The Hall–Kier alpha value is -3.19. The fraction of sp³-hybridized carbons (Fsp3) is 0.154. The maximum absolute atomic E-state index is 8.65. The van der Waals surface area contributed by atoms with Crippen LogP contribution in [0.25, 0.3) is 11.4 Å². The quantitative estimate of drug-likeness (QED) is 0.670. The molecule has 0 aliphatic heterocycles. The summed E-state index contributed by atoms with van der Waals surface area (Å²) in [7, 11) is 1.86. The molecule has 2 aromatic rings. The van der Waals surface area contributed by atoms with Gasteiger partial charge in [0.25, 0.3) is 0 Å². The summed E-state index contributed by atoms with van der Waals surface area (Å²) in [4.78, 5) is 0. The van der Waals surface area contributed by atoms with Crippen LogP contribution in [0.15, 0.2) is 29.6 Å². The fourth-order valence-electron chi connectivity index (χ4n) is 1.72. The number of aromatic nitrogens is 3. The molecule has 0 saturated carbocycles. The molecule has 0 unspecified atom stereocenters. The molecule has 7 heteroatoms. The number of nitriles is 2. The monoisotopic (exact) mass is 265 g/mol. The van der Waals surface area contributed by atoms with E-state index in [-0.39, 0.29) is 5.71 Å². The van der Waals surface area contributed by atoms with E-state index in [1.54, 1.807) is 18.5 Å². The molecule has 0 amide bonds. The Labute approximate surface area is 115 Å². The lowest BCUT2D eigenvalue weighted by atomic mass is 10.1. The first-order valence-electron chi connectivity index (χ1n) is 5.75. The number of rotatable bonds is 3. The first-order chi connectivity index (χ1) is 9.67. The summed E-state index contributed by atoms with van der Waals surface area (Å²) in [5, 5.41) is 28.9. The smallest absolute Gasteiger partial charge is 0.237 e. The third-order valence-electron chi connectivity index (χ3n) is 2.79. The van der Waals surface area contributed by atoms with E-state index in [0.717, 1.165) is 17.0 Å². The molecule has 0 aliphatic rings. The van der Waals surface area contributed by atoms with Crippen molar-refractivity contribution in [1.82, 2.24) is 14.8 Å². The van der Waals surface area contributed by atoms with Crippen LogP contribution in [0.4, 0.5) is 5.69 Å². The minimum atomic E-state index is -0.228. The normalized spacial score (nSPS) is 9.40. The highest BCUT2D eigenvalue weighted by Crippen LogP contribution is 2.26. The Morgan fingerprint density at radius 3 is 2.70 bits per heavy atom. The predicted octanol–water partition coefficient (Wildman–Crippen LogP) is 1.61. The first kappa shape index (κ1) is 13.2. The van der Waals surface area contributed by atoms with Gasteiger partial charge in [-0.25, -0.2) is 0 Å². The molecular weight excluding hydrogens is 254 g/mol. The third kappa shape index (κ3) is 2.47. The summed E-state index contributed by atoms with van der Waals surface area (Å²) in [6.45, 7) is 1.90. The zero-order valence-corrected chi connectivity index (χ0v) is 11.0. The zero-order valence-electron chi connectivity index (χ0n) is 11.0. The average Bonchev–Trinajstić information content (AvgIpc) is 2.87. The van der Waals surface area contributed by atoms with E-state index >= 15 is 0 Å². The summed E-state index contributed by atoms with van der Waals surface area (Å²) >= 11 is 0. The molecule has 1 N–H and O–H groups in total. The van der Waals surface area contributed by atoms with Gasteiger partial charge in [0.1, 0.15) is 18.5 Å². The van der Waals surface area contributed by atoms with Crippen molar-refractivity contribution >= 4 is 11.4 Å². The minimum Gasteiger partial charge on any atom is -0.317 e. The molecule has 0 spiro atoms. The topological polar surface area (TPSA) is 103 Å². The van der Waals surface area contributed by atoms with E-state index in [0.29, 0.717) is 5.69 Å². The second-order valence-electron chi connectivity index (χ2n) is 4.04. The lowest BCUT2D eigenvalue weighted by Gasteiger charge is -2.09. The van der Waals surface area contributed by atoms with Crippen LogP contribution >= 0.6 is 0 Å². The molecule has 98 valence electrons. The van der Waals surface area contributed by atoms with Crippen molar-refractivity contribution in [3.05, 3.63) is 30.1 Å². The van der Waals surface area contributed by atoms with Crippen LogP contribution in [0.3, 0.4) is 0 Å². The number of nitrogens with one attached hydrogen (secondary N) is 1. The molecule has 0 saturated heterocycles. The predicted molar refractivity (Wildman–Crippen MR) is 73.5 cm³/mol. The Morgan fingerprint density at radius 1 is 1.35 bits per heavy atom. The molecule has 0 radical (unpaired) electrons. The molecular formula is C13H11N7. The van der Waals surface area contributed by atoms with Crippen LogP contribution in [0.5, 0.6) is 0 Å². The van der Waals surface area contributed by atoms with Crippen LogP contribution in [0, 0.1) is 29.6 Å². The van der Waals surface area contributed by atoms with E-state index in [4.69, 9.17) is 10.5 Å². The maximum Gasteiger partial charge on any atom is 0.237 e. The van der Waals surface area contributed by atoms with Crippen molar-refractivity contribution in [3.63, 3.8) is 0 Å². The molecule has 0 atom stereocenters. The van der Waals surface area contributed by atoms with Gasteiger partial charge in [-0.2, -0.15) is 15.6 Å². The fourth-order valence-corrected chi connectivity index (χ4v) is 1.72. The zero-order chi connectivity index (χ0) is 14.5. The van der Waals surface area contributed by atoms with E-state index in [1.165, 1.54) is 0 Å². The average molecular weight is 265 g/mol. The minimum absolute atomic E-state index is 0.228. The lowest BCUT2D eigenvalue weighted by Crippen LogP contribution is -2.00. The van der Waals surface area contributed by atoms with Gasteiger partial charge in [-0.3, -0.25) is 5.43 Å². The first-order valence-corrected chi connectivity index (χ1v) is 5.75. The number of anilines is 1. The van der Waals surface area contributed by atoms with Gasteiger partial charge in [0.2, 0.25) is 5.71 Å². The standard InChI is InChI=1S/C13H11N7/c1-9-11(13-19-16-8-20(13)2)4-3-5-12(9)18-17-10(6-14)7-15/h3-5,8,18H,1-2H3. The lowest BCUT2D eigenvalue weighted by molar-refractivity contribution is 0.918. The molecule has 7 nitrogen and oxygen atoms in total. The maximum atomic E-state index is 8.65. The highest BCUT2D eigenvalue weighted by Gasteiger charge is 2.10. The van der Waals surface area contributed by atoms with E-state index in [9.17, 15) is 0 Å². The summed E-state index contributed by atoms with van der Waals surface area (Å²) in [6.07, 6.45) is 1.62. The Bertz CT molecular complexity index is 727. The van der Waals surface area contributed by atoms with Crippen LogP contribution in [-0.4, -0.2) is 20.5 Å². The van der Waals surface area contributed by atoms with E-state index < -0.39 is 0 Å². The molecule has 1 heterocycles. The number of hydrogen-bond donors (Lipinski definition) is 1. The Morgan fingerprint density at radius 2 is 2.10 bits per heavy atom. The number of hydrazone groups is 1. The van der Waals surface area contributed by atoms with Crippen LogP contribution in [0.1, 0.15) is 5.56 Å². The second kappa shape index (κ2) is 5.63.